The molecule has 0 aliphatic carbocycles. The van der Waals surface area contributed by atoms with E-state index in [2.05, 4.69) is 31.2 Å². The number of hydrogen-bond acceptors (Lipinski definition) is 3. The molecule has 2 aromatic carbocycles. The smallest absolute Gasteiger partial charge is 0.260 e. The quantitative estimate of drug-likeness (QED) is 0.797. The number of benzene rings is 2. The van der Waals surface area contributed by atoms with Crippen LogP contribution in [0.15, 0.2) is 53.4 Å². The molecule has 0 N–H and O–H groups in total. The van der Waals surface area contributed by atoms with Crippen molar-refractivity contribution in [2.45, 2.75) is 29.9 Å². The van der Waals surface area contributed by atoms with E-state index in [0.29, 0.717) is 11.0 Å². The number of carbonyl (C=O) groups is 1. The van der Waals surface area contributed by atoms with E-state index in [1.54, 1.807) is 12.1 Å². The van der Waals surface area contributed by atoms with Crippen LogP contribution in [0.25, 0.3) is 0 Å². The third-order valence-electron chi connectivity index (χ3n) is 4.34. The SMILES string of the molecule is Cc1ccccc1SC1CCN(C(=O)COc2cccc(F)c2)CC1. The van der Waals surface area contributed by atoms with E-state index in [-0.39, 0.29) is 18.3 Å². The summed E-state index contributed by atoms with van der Waals surface area (Å²) in [6.07, 6.45) is 1.95. The van der Waals surface area contributed by atoms with Crippen molar-refractivity contribution in [3.05, 3.63) is 59.9 Å². The Morgan fingerprint density at radius 1 is 1.20 bits per heavy atom. The molecule has 3 nitrogen and oxygen atoms in total. The fraction of sp³-hybridized carbons (Fsp3) is 0.350. The maximum atomic E-state index is 13.1. The van der Waals surface area contributed by atoms with Gasteiger partial charge in [0.15, 0.2) is 6.61 Å². The van der Waals surface area contributed by atoms with Gasteiger partial charge in [0.25, 0.3) is 5.91 Å². The van der Waals surface area contributed by atoms with E-state index in [4.69, 9.17) is 4.74 Å². The number of ether oxygens (including phenoxy) is 1. The number of rotatable bonds is 5. The van der Waals surface area contributed by atoms with Crippen molar-refractivity contribution in [3.8, 4) is 5.75 Å². The predicted octanol–water partition coefficient (Wildman–Crippen LogP) is 4.30. The maximum absolute atomic E-state index is 13.1. The summed E-state index contributed by atoms with van der Waals surface area (Å²) in [4.78, 5) is 15.4. The molecule has 1 fully saturated rings. The van der Waals surface area contributed by atoms with Crippen molar-refractivity contribution < 1.29 is 13.9 Å². The highest BCUT2D eigenvalue weighted by molar-refractivity contribution is 8.00. The Morgan fingerprint density at radius 3 is 2.68 bits per heavy atom. The summed E-state index contributed by atoms with van der Waals surface area (Å²) in [7, 11) is 0. The van der Waals surface area contributed by atoms with Crippen molar-refractivity contribution in [2.24, 2.45) is 0 Å². The Bertz CT molecular complexity index is 729. The van der Waals surface area contributed by atoms with Crippen LogP contribution >= 0.6 is 11.8 Å². The van der Waals surface area contributed by atoms with Gasteiger partial charge in [0.05, 0.1) is 0 Å². The molecule has 0 saturated carbocycles. The molecule has 0 aromatic heterocycles. The minimum Gasteiger partial charge on any atom is -0.484 e. The number of amides is 1. The molecule has 0 spiro atoms. The van der Waals surface area contributed by atoms with Crippen LogP contribution in [0.5, 0.6) is 5.75 Å². The number of carbonyl (C=O) groups excluding carboxylic acids is 1. The Balaban J connectivity index is 1.45. The summed E-state index contributed by atoms with van der Waals surface area (Å²) in [6, 6.07) is 14.3. The molecule has 132 valence electrons. The van der Waals surface area contributed by atoms with Crippen molar-refractivity contribution >= 4 is 17.7 Å². The standard InChI is InChI=1S/C20H22FNO2S/c1-15-5-2-3-8-19(15)25-18-9-11-22(12-10-18)20(23)14-24-17-7-4-6-16(21)13-17/h2-8,13,18H,9-12,14H2,1H3. The summed E-state index contributed by atoms with van der Waals surface area (Å²) < 4.78 is 18.5. The van der Waals surface area contributed by atoms with Crippen LogP contribution in [0.2, 0.25) is 0 Å². The number of piperidine rings is 1. The van der Waals surface area contributed by atoms with Gasteiger partial charge < -0.3 is 9.64 Å². The number of hydrogen-bond donors (Lipinski definition) is 0. The first kappa shape index (κ1) is 17.8. The normalized spacial score (nSPS) is 15.2. The van der Waals surface area contributed by atoms with E-state index in [0.717, 1.165) is 25.9 Å². The van der Waals surface area contributed by atoms with Gasteiger partial charge in [0, 0.05) is 29.3 Å². The number of halogens is 1. The van der Waals surface area contributed by atoms with Gasteiger partial charge in [-0.25, -0.2) is 4.39 Å². The zero-order valence-electron chi connectivity index (χ0n) is 14.3. The third-order valence-corrected chi connectivity index (χ3v) is 5.86. The summed E-state index contributed by atoms with van der Waals surface area (Å²) in [6.45, 7) is 3.58. The van der Waals surface area contributed by atoms with E-state index in [1.165, 1.54) is 22.6 Å². The van der Waals surface area contributed by atoms with Crippen molar-refractivity contribution in [1.29, 1.82) is 0 Å². The topological polar surface area (TPSA) is 29.5 Å². The van der Waals surface area contributed by atoms with E-state index in [9.17, 15) is 9.18 Å². The minimum atomic E-state index is -0.362. The van der Waals surface area contributed by atoms with Crippen LogP contribution in [0, 0.1) is 12.7 Å². The fourth-order valence-corrected chi connectivity index (χ4v) is 4.10. The van der Waals surface area contributed by atoms with Crippen LogP contribution < -0.4 is 4.74 Å². The zero-order valence-corrected chi connectivity index (χ0v) is 15.1. The molecule has 3 rings (SSSR count). The van der Waals surface area contributed by atoms with Gasteiger partial charge >= 0.3 is 0 Å². The molecule has 2 aromatic rings. The second-order valence-electron chi connectivity index (χ2n) is 6.21. The Kier molecular flexibility index (Phi) is 5.97. The average Bonchev–Trinajstić information content (AvgIpc) is 2.62. The van der Waals surface area contributed by atoms with Gasteiger partial charge in [-0.3, -0.25) is 4.79 Å². The lowest BCUT2D eigenvalue weighted by Crippen LogP contribution is -2.41. The van der Waals surface area contributed by atoms with Crippen LogP contribution in [0.4, 0.5) is 4.39 Å². The highest BCUT2D eigenvalue weighted by Gasteiger charge is 2.24. The van der Waals surface area contributed by atoms with Gasteiger partial charge in [0.2, 0.25) is 0 Å². The lowest BCUT2D eigenvalue weighted by Gasteiger charge is -2.31. The second kappa shape index (κ2) is 8.39. The summed E-state index contributed by atoms with van der Waals surface area (Å²) in [5.41, 5.74) is 1.30. The molecule has 0 bridgehead atoms. The largest absolute Gasteiger partial charge is 0.484 e. The lowest BCUT2D eigenvalue weighted by molar-refractivity contribution is -0.134. The molecular weight excluding hydrogens is 337 g/mol. The number of aryl methyl sites for hydroxylation is 1. The molecule has 1 aliphatic heterocycles. The molecule has 0 unspecified atom stereocenters. The molecule has 1 aliphatic rings. The van der Waals surface area contributed by atoms with Gasteiger partial charge in [0.1, 0.15) is 11.6 Å². The van der Waals surface area contributed by atoms with Crippen LogP contribution in [-0.2, 0) is 4.79 Å². The van der Waals surface area contributed by atoms with Crippen molar-refractivity contribution in [2.75, 3.05) is 19.7 Å². The third kappa shape index (κ3) is 4.98. The highest BCUT2D eigenvalue weighted by Crippen LogP contribution is 2.32. The molecule has 0 atom stereocenters. The van der Waals surface area contributed by atoms with E-state index >= 15 is 0 Å². The monoisotopic (exact) mass is 359 g/mol. The highest BCUT2D eigenvalue weighted by atomic mass is 32.2. The number of nitrogens with zero attached hydrogens (tertiary/aromatic N) is 1. The second-order valence-corrected chi connectivity index (χ2v) is 7.55. The van der Waals surface area contributed by atoms with Crippen LogP contribution in [0.1, 0.15) is 18.4 Å². The zero-order chi connectivity index (χ0) is 17.6. The molecule has 25 heavy (non-hydrogen) atoms. The minimum absolute atomic E-state index is 0.0383. The first-order valence-corrected chi connectivity index (χ1v) is 9.38. The Morgan fingerprint density at radius 2 is 1.96 bits per heavy atom. The molecule has 5 heteroatoms. The van der Waals surface area contributed by atoms with E-state index in [1.807, 2.05) is 16.7 Å². The summed E-state index contributed by atoms with van der Waals surface area (Å²) in [5, 5.41) is 0.536. The molecule has 1 saturated heterocycles. The Hall–Kier alpha value is -2.01. The van der Waals surface area contributed by atoms with Crippen molar-refractivity contribution in [1.82, 2.24) is 4.90 Å². The molecule has 1 heterocycles. The number of likely N-dealkylation sites (tertiary alicyclic amines) is 1. The van der Waals surface area contributed by atoms with Gasteiger partial charge in [-0.15, -0.1) is 11.8 Å². The fourth-order valence-electron chi connectivity index (χ4n) is 2.88. The maximum Gasteiger partial charge on any atom is 0.260 e. The molecule has 0 radical (unpaired) electrons. The Labute approximate surface area is 152 Å². The van der Waals surface area contributed by atoms with Gasteiger partial charge in [-0.05, 0) is 43.5 Å². The summed E-state index contributed by atoms with van der Waals surface area (Å²) in [5.74, 6) is -0.0130. The molecule has 1 amide bonds. The first-order chi connectivity index (χ1) is 12.1. The number of thioether (sulfide) groups is 1. The van der Waals surface area contributed by atoms with Crippen LogP contribution in [0.3, 0.4) is 0 Å². The average molecular weight is 359 g/mol. The lowest BCUT2D eigenvalue weighted by atomic mass is 10.1. The van der Waals surface area contributed by atoms with E-state index < -0.39 is 0 Å². The predicted molar refractivity (Wildman–Crippen MR) is 98.5 cm³/mol. The summed E-state index contributed by atoms with van der Waals surface area (Å²) >= 11 is 1.91. The van der Waals surface area contributed by atoms with Gasteiger partial charge in [-0.1, -0.05) is 24.3 Å². The first-order valence-electron chi connectivity index (χ1n) is 8.50. The van der Waals surface area contributed by atoms with Crippen LogP contribution in [-0.4, -0.2) is 35.8 Å². The van der Waals surface area contributed by atoms with Gasteiger partial charge in [-0.2, -0.15) is 0 Å². The van der Waals surface area contributed by atoms with Crippen molar-refractivity contribution in [3.63, 3.8) is 0 Å². The molecular formula is C20H22FNO2S.